The van der Waals surface area contributed by atoms with Gasteiger partial charge in [0.15, 0.2) is 0 Å². The molecule has 1 fully saturated rings. The van der Waals surface area contributed by atoms with Crippen molar-refractivity contribution in [2.75, 3.05) is 13.1 Å². The lowest BCUT2D eigenvalue weighted by Gasteiger charge is -2.27. The number of primary amides is 1. The number of carbonyl (C=O) groups is 1. The molecule has 1 aliphatic carbocycles. The van der Waals surface area contributed by atoms with Gasteiger partial charge in [0.1, 0.15) is 0 Å². The lowest BCUT2D eigenvalue weighted by Crippen LogP contribution is -2.41. The second kappa shape index (κ2) is 6.02. The number of hydrogen-bond acceptors (Lipinski definition) is 3. The van der Waals surface area contributed by atoms with Crippen molar-refractivity contribution in [3.8, 4) is 0 Å². The van der Waals surface area contributed by atoms with Gasteiger partial charge < -0.3 is 11.5 Å². The van der Waals surface area contributed by atoms with Gasteiger partial charge in [-0.1, -0.05) is 25.1 Å². The molecule has 0 aromatic carbocycles. The summed E-state index contributed by atoms with van der Waals surface area (Å²) in [6.07, 6.45) is 5.47. The van der Waals surface area contributed by atoms with Crippen molar-refractivity contribution in [3.63, 3.8) is 0 Å². The van der Waals surface area contributed by atoms with E-state index in [9.17, 15) is 4.79 Å². The predicted octanol–water partition coefficient (Wildman–Crippen LogP) is 0.392. The third-order valence-corrected chi connectivity index (χ3v) is 3.05. The number of rotatable bonds is 6. The zero-order chi connectivity index (χ0) is 11.3. The zero-order valence-electron chi connectivity index (χ0n) is 8.95. The first kappa shape index (κ1) is 12.4. The summed E-state index contributed by atoms with van der Waals surface area (Å²) < 4.78 is 0. The topological polar surface area (TPSA) is 72.4 Å². The number of amides is 1. The summed E-state index contributed by atoms with van der Waals surface area (Å²) in [5.41, 5.74) is 10.7. The maximum absolute atomic E-state index is 10.9. The van der Waals surface area contributed by atoms with Crippen LogP contribution in [0.2, 0.25) is 0 Å². The van der Waals surface area contributed by atoms with Crippen molar-refractivity contribution >= 4 is 23.1 Å². The van der Waals surface area contributed by atoms with Crippen LogP contribution in [0.3, 0.4) is 0 Å². The van der Waals surface area contributed by atoms with Crippen LogP contribution in [-0.2, 0) is 4.79 Å². The van der Waals surface area contributed by atoms with E-state index in [1.54, 1.807) is 0 Å². The Balaban J connectivity index is 2.43. The first-order valence-corrected chi connectivity index (χ1v) is 5.81. The normalized spacial score (nSPS) is 17.1. The highest BCUT2D eigenvalue weighted by molar-refractivity contribution is 7.80. The Morgan fingerprint density at radius 1 is 1.33 bits per heavy atom. The number of nitrogens with two attached hydrogens (primary N) is 2. The average Bonchev–Trinajstić information content (AvgIpc) is 2.63. The lowest BCUT2D eigenvalue weighted by molar-refractivity contribution is -0.119. The largest absolute Gasteiger partial charge is 0.393 e. The molecule has 0 radical (unpaired) electrons. The van der Waals surface area contributed by atoms with Gasteiger partial charge in [-0.2, -0.15) is 0 Å². The van der Waals surface area contributed by atoms with Gasteiger partial charge in [-0.25, -0.2) is 0 Å². The van der Waals surface area contributed by atoms with Gasteiger partial charge in [0.05, 0.1) is 11.5 Å². The SMILES string of the molecule is NC(=O)CN(CCC(N)=S)C1CCCC1. The molecule has 15 heavy (non-hydrogen) atoms. The maximum atomic E-state index is 10.9. The van der Waals surface area contributed by atoms with Crippen molar-refractivity contribution in [3.05, 3.63) is 0 Å². The van der Waals surface area contributed by atoms with E-state index < -0.39 is 0 Å². The van der Waals surface area contributed by atoms with Gasteiger partial charge >= 0.3 is 0 Å². The molecule has 1 saturated carbocycles. The summed E-state index contributed by atoms with van der Waals surface area (Å²) in [7, 11) is 0. The standard InChI is InChI=1S/C10H19N3OS/c11-9(14)7-13(6-5-10(12)15)8-3-1-2-4-8/h8H,1-7H2,(H2,11,14)(H2,12,15). The van der Waals surface area contributed by atoms with Gasteiger partial charge in [0.2, 0.25) is 5.91 Å². The molecule has 4 N–H and O–H groups in total. The van der Waals surface area contributed by atoms with Crippen LogP contribution >= 0.6 is 12.2 Å². The van der Waals surface area contributed by atoms with E-state index in [1.165, 1.54) is 12.8 Å². The number of nitrogens with zero attached hydrogens (tertiary/aromatic N) is 1. The van der Waals surface area contributed by atoms with E-state index in [2.05, 4.69) is 4.90 Å². The number of carbonyl (C=O) groups excluding carboxylic acids is 1. The van der Waals surface area contributed by atoms with E-state index in [-0.39, 0.29) is 5.91 Å². The second-order valence-electron chi connectivity index (χ2n) is 4.09. The fourth-order valence-electron chi connectivity index (χ4n) is 2.11. The van der Waals surface area contributed by atoms with Crippen LogP contribution in [0.4, 0.5) is 0 Å². The van der Waals surface area contributed by atoms with Gasteiger partial charge in [-0.15, -0.1) is 0 Å². The van der Waals surface area contributed by atoms with Crippen LogP contribution in [0.15, 0.2) is 0 Å². The fraction of sp³-hybridized carbons (Fsp3) is 0.800. The van der Waals surface area contributed by atoms with Crippen LogP contribution in [0, 0.1) is 0 Å². The van der Waals surface area contributed by atoms with Crippen LogP contribution in [0.25, 0.3) is 0 Å². The quantitative estimate of drug-likeness (QED) is 0.646. The Morgan fingerprint density at radius 2 is 1.93 bits per heavy atom. The van der Waals surface area contributed by atoms with Gasteiger partial charge in [0, 0.05) is 19.0 Å². The molecule has 1 aliphatic rings. The minimum atomic E-state index is -0.273. The van der Waals surface area contributed by atoms with Crippen molar-refractivity contribution < 1.29 is 4.79 Å². The summed E-state index contributed by atoms with van der Waals surface area (Å²) in [5, 5.41) is 0. The minimum absolute atomic E-state index is 0.273. The van der Waals surface area contributed by atoms with E-state index in [0.717, 1.165) is 19.4 Å². The molecule has 0 aromatic heterocycles. The Bertz CT molecular complexity index is 239. The van der Waals surface area contributed by atoms with Crippen LogP contribution < -0.4 is 11.5 Å². The monoisotopic (exact) mass is 229 g/mol. The summed E-state index contributed by atoms with van der Waals surface area (Å²) >= 11 is 4.84. The van der Waals surface area contributed by atoms with Crippen LogP contribution in [-0.4, -0.2) is 34.9 Å². The molecule has 0 spiro atoms. The molecule has 86 valence electrons. The molecule has 0 saturated heterocycles. The summed E-state index contributed by atoms with van der Waals surface area (Å²) in [6, 6.07) is 0.492. The molecule has 0 unspecified atom stereocenters. The lowest BCUT2D eigenvalue weighted by atomic mass is 10.2. The molecule has 0 bridgehead atoms. The Labute approximate surface area is 96.0 Å². The summed E-state index contributed by atoms with van der Waals surface area (Å²) in [4.78, 5) is 13.5. The molecule has 4 nitrogen and oxygen atoms in total. The first-order valence-electron chi connectivity index (χ1n) is 5.40. The highest BCUT2D eigenvalue weighted by Gasteiger charge is 2.23. The van der Waals surface area contributed by atoms with Gasteiger partial charge in [0.25, 0.3) is 0 Å². The van der Waals surface area contributed by atoms with Crippen molar-refractivity contribution in [2.45, 2.75) is 38.1 Å². The third-order valence-electron chi connectivity index (χ3n) is 2.85. The molecule has 0 atom stereocenters. The van der Waals surface area contributed by atoms with E-state index in [0.29, 0.717) is 24.0 Å². The Hall–Kier alpha value is -0.680. The van der Waals surface area contributed by atoms with Crippen LogP contribution in [0.5, 0.6) is 0 Å². The maximum Gasteiger partial charge on any atom is 0.231 e. The Kier molecular flexibility index (Phi) is 4.98. The summed E-state index contributed by atoms with van der Waals surface area (Å²) in [5.74, 6) is -0.273. The highest BCUT2D eigenvalue weighted by atomic mass is 32.1. The van der Waals surface area contributed by atoms with E-state index >= 15 is 0 Å². The first-order chi connectivity index (χ1) is 7.09. The van der Waals surface area contributed by atoms with E-state index in [1.807, 2.05) is 0 Å². The molecule has 1 rings (SSSR count). The third kappa shape index (κ3) is 4.57. The molecule has 0 aromatic rings. The number of thiocarbonyl (C=S) groups is 1. The van der Waals surface area contributed by atoms with Crippen molar-refractivity contribution in [1.29, 1.82) is 0 Å². The summed E-state index contributed by atoms with van der Waals surface area (Å²) in [6.45, 7) is 1.08. The van der Waals surface area contributed by atoms with Gasteiger partial charge in [-0.3, -0.25) is 9.69 Å². The smallest absolute Gasteiger partial charge is 0.231 e. The molecule has 0 aliphatic heterocycles. The highest BCUT2D eigenvalue weighted by Crippen LogP contribution is 2.23. The molecule has 1 amide bonds. The van der Waals surface area contributed by atoms with Crippen LogP contribution in [0.1, 0.15) is 32.1 Å². The van der Waals surface area contributed by atoms with Gasteiger partial charge in [-0.05, 0) is 12.8 Å². The Morgan fingerprint density at radius 3 is 2.40 bits per heavy atom. The van der Waals surface area contributed by atoms with E-state index in [4.69, 9.17) is 23.7 Å². The molecule has 0 heterocycles. The fourth-order valence-corrected chi connectivity index (χ4v) is 2.21. The zero-order valence-corrected chi connectivity index (χ0v) is 9.76. The minimum Gasteiger partial charge on any atom is -0.393 e. The number of hydrogen-bond donors (Lipinski definition) is 2. The molecular formula is C10H19N3OS. The van der Waals surface area contributed by atoms with Crippen molar-refractivity contribution in [1.82, 2.24) is 4.90 Å². The molecular weight excluding hydrogens is 210 g/mol. The average molecular weight is 229 g/mol. The van der Waals surface area contributed by atoms with Crippen molar-refractivity contribution in [2.24, 2.45) is 11.5 Å². The molecule has 5 heteroatoms. The predicted molar refractivity (Wildman–Crippen MR) is 64.4 cm³/mol. The second-order valence-corrected chi connectivity index (χ2v) is 4.62.